The maximum Gasteiger partial charge on any atom is 0.128 e. The van der Waals surface area contributed by atoms with Crippen LogP contribution in [0.3, 0.4) is 0 Å². The Balaban J connectivity index is 3.35. The Morgan fingerprint density at radius 1 is 1.07 bits per heavy atom. The minimum atomic E-state index is -1.15. The van der Waals surface area contributed by atoms with E-state index >= 15 is 0 Å². The average Bonchev–Trinajstić information content (AvgIpc) is 2.16. The first kappa shape index (κ1) is 14.7. The third-order valence-electron chi connectivity index (χ3n) is 3.14. The van der Waals surface area contributed by atoms with Crippen LogP contribution in [-0.4, -0.2) is 5.67 Å². The van der Waals surface area contributed by atoms with Crippen molar-refractivity contribution in [3.63, 3.8) is 0 Å². The molecule has 0 rings (SSSR count). The van der Waals surface area contributed by atoms with Crippen molar-refractivity contribution in [2.24, 2.45) is 0 Å². The van der Waals surface area contributed by atoms with Crippen LogP contribution in [0, 0.1) is 0 Å². The number of hydrogen-bond acceptors (Lipinski definition) is 0. The summed E-state index contributed by atoms with van der Waals surface area (Å²) in [5, 5.41) is 0. The Bertz CT molecular complexity index is 170. The molecule has 0 saturated carbocycles. The molecule has 1 unspecified atom stereocenters. The Kier molecular flexibility index (Phi) is 7.72. The summed E-state index contributed by atoms with van der Waals surface area (Å²) in [7, 11) is 0. The molecule has 15 heavy (non-hydrogen) atoms. The summed E-state index contributed by atoms with van der Waals surface area (Å²) in [4.78, 5) is 0. The molecule has 0 aliphatic rings. The average molecular weight is 214 g/mol. The molecular formula is C14H27F. The third kappa shape index (κ3) is 7.58. The fraction of sp³-hybridized carbons (Fsp3) is 0.857. The summed E-state index contributed by atoms with van der Waals surface area (Å²) in [6.07, 6.45) is 9.32. The van der Waals surface area contributed by atoms with Gasteiger partial charge in [-0.15, -0.1) is 0 Å². The maximum absolute atomic E-state index is 13.7. The van der Waals surface area contributed by atoms with E-state index in [1.807, 2.05) is 0 Å². The minimum Gasteiger partial charge on any atom is -0.239 e. The standard InChI is InChI=1S/C14H27F/c1-5-6-7-8-9-10-11-12-14(4,15)13(2)3/h2,5-12H2,1,3-4H3. The van der Waals surface area contributed by atoms with Crippen LogP contribution < -0.4 is 0 Å². The van der Waals surface area contributed by atoms with Gasteiger partial charge in [0.15, 0.2) is 0 Å². The molecule has 0 heterocycles. The molecule has 90 valence electrons. The van der Waals surface area contributed by atoms with Crippen LogP contribution in [0.25, 0.3) is 0 Å². The summed E-state index contributed by atoms with van der Waals surface area (Å²) >= 11 is 0. The van der Waals surface area contributed by atoms with E-state index in [-0.39, 0.29) is 0 Å². The molecule has 0 N–H and O–H groups in total. The lowest BCUT2D eigenvalue weighted by Gasteiger charge is -2.20. The second-order valence-electron chi connectivity index (χ2n) is 4.85. The van der Waals surface area contributed by atoms with Crippen LogP contribution in [0.15, 0.2) is 12.2 Å². The van der Waals surface area contributed by atoms with Crippen molar-refractivity contribution in [3.8, 4) is 0 Å². The number of allylic oxidation sites excluding steroid dienone is 1. The zero-order valence-electron chi connectivity index (χ0n) is 10.7. The van der Waals surface area contributed by atoms with E-state index < -0.39 is 5.67 Å². The molecule has 0 fully saturated rings. The smallest absolute Gasteiger partial charge is 0.128 e. The van der Waals surface area contributed by atoms with E-state index in [2.05, 4.69) is 13.5 Å². The van der Waals surface area contributed by atoms with Crippen LogP contribution in [0.4, 0.5) is 4.39 Å². The first-order valence-electron chi connectivity index (χ1n) is 6.35. The number of rotatable bonds is 9. The summed E-state index contributed by atoms with van der Waals surface area (Å²) < 4.78 is 13.7. The highest BCUT2D eigenvalue weighted by Gasteiger charge is 2.22. The summed E-state index contributed by atoms with van der Waals surface area (Å²) in [6.45, 7) is 9.34. The van der Waals surface area contributed by atoms with Crippen molar-refractivity contribution in [3.05, 3.63) is 12.2 Å². The highest BCUT2D eigenvalue weighted by molar-refractivity contribution is 5.06. The Morgan fingerprint density at radius 2 is 1.53 bits per heavy atom. The normalized spacial score (nSPS) is 14.9. The number of unbranched alkanes of at least 4 members (excludes halogenated alkanes) is 6. The van der Waals surface area contributed by atoms with E-state index in [0.29, 0.717) is 12.0 Å². The molecule has 0 aliphatic carbocycles. The van der Waals surface area contributed by atoms with E-state index in [0.717, 1.165) is 12.8 Å². The molecule has 0 nitrogen and oxygen atoms in total. The zero-order chi connectivity index (χ0) is 11.7. The number of alkyl halides is 1. The second-order valence-corrected chi connectivity index (χ2v) is 4.85. The van der Waals surface area contributed by atoms with Crippen LogP contribution in [0.1, 0.15) is 72.1 Å². The molecule has 0 aliphatic heterocycles. The Labute approximate surface area is 95.0 Å². The molecule has 0 bridgehead atoms. The quantitative estimate of drug-likeness (QED) is 0.354. The van der Waals surface area contributed by atoms with Crippen molar-refractivity contribution in [2.45, 2.75) is 77.8 Å². The topological polar surface area (TPSA) is 0 Å². The summed E-state index contributed by atoms with van der Waals surface area (Å²) in [5.41, 5.74) is -0.489. The van der Waals surface area contributed by atoms with Gasteiger partial charge in [0.2, 0.25) is 0 Å². The molecule has 0 saturated heterocycles. The van der Waals surface area contributed by atoms with E-state index in [4.69, 9.17) is 0 Å². The first-order valence-corrected chi connectivity index (χ1v) is 6.35. The van der Waals surface area contributed by atoms with Gasteiger partial charge in [0.1, 0.15) is 5.67 Å². The van der Waals surface area contributed by atoms with Crippen LogP contribution in [0.2, 0.25) is 0 Å². The van der Waals surface area contributed by atoms with Crippen molar-refractivity contribution < 1.29 is 4.39 Å². The molecule has 0 aromatic heterocycles. The minimum absolute atomic E-state index is 0.635. The van der Waals surface area contributed by atoms with Crippen molar-refractivity contribution in [1.82, 2.24) is 0 Å². The van der Waals surface area contributed by atoms with Crippen LogP contribution in [-0.2, 0) is 0 Å². The number of hydrogen-bond donors (Lipinski definition) is 0. The van der Waals surface area contributed by atoms with Crippen molar-refractivity contribution in [1.29, 1.82) is 0 Å². The predicted molar refractivity (Wildman–Crippen MR) is 66.9 cm³/mol. The van der Waals surface area contributed by atoms with E-state index in [1.54, 1.807) is 13.8 Å². The van der Waals surface area contributed by atoms with Crippen LogP contribution in [0.5, 0.6) is 0 Å². The third-order valence-corrected chi connectivity index (χ3v) is 3.14. The predicted octanol–water partition coefficient (Wildman–Crippen LogP) is 5.43. The Morgan fingerprint density at radius 3 is 2.00 bits per heavy atom. The molecule has 0 aromatic carbocycles. The van der Waals surface area contributed by atoms with Gasteiger partial charge in [-0.3, -0.25) is 0 Å². The van der Waals surface area contributed by atoms with Crippen LogP contribution >= 0.6 is 0 Å². The van der Waals surface area contributed by atoms with Gasteiger partial charge in [-0.25, -0.2) is 4.39 Å². The van der Waals surface area contributed by atoms with Gasteiger partial charge in [0.25, 0.3) is 0 Å². The largest absolute Gasteiger partial charge is 0.239 e. The molecule has 0 spiro atoms. The maximum atomic E-state index is 13.7. The molecule has 0 amide bonds. The zero-order valence-corrected chi connectivity index (χ0v) is 10.7. The second kappa shape index (κ2) is 7.90. The van der Waals surface area contributed by atoms with Gasteiger partial charge in [-0.1, -0.05) is 52.0 Å². The monoisotopic (exact) mass is 214 g/mol. The summed E-state index contributed by atoms with van der Waals surface area (Å²) in [5.74, 6) is 0. The highest BCUT2D eigenvalue weighted by atomic mass is 19.1. The van der Waals surface area contributed by atoms with Crippen molar-refractivity contribution >= 4 is 0 Å². The molecule has 1 atom stereocenters. The van der Waals surface area contributed by atoms with E-state index in [1.165, 1.54) is 32.1 Å². The first-order chi connectivity index (χ1) is 7.00. The lowest BCUT2D eigenvalue weighted by atomic mass is 9.93. The molecule has 0 aromatic rings. The Hall–Kier alpha value is -0.330. The molecular weight excluding hydrogens is 187 g/mol. The lowest BCUT2D eigenvalue weighted by molar-refractivity contribution is 0.217. The highest BCUT2D eigenvalue weighted by Crippen LogP contribution is 2.26. The van der Waals surface area contributed by atoms with Gasteiger partial charge in [0, 0.05) is 0 Å². The van der Waals surface area contributed by atoms with Crippen molar-refractivity contribution in [2.75, 3.05) is 0 Å². The number of halogens is 1. The summed E-state index contributed by atoms with van der Waals surface area (Å²) in [6, 6.07) is 0. The SMILES string of the molecule is C=C(C)C(C)(F)CCCCCCCCC. The van der Waals surface area contributed by atoms with Gasteiger partial charge >= 0.3 is 0 Å². The van der Waals surface area contributed by atoms with Gasteiger partial charge in [-0.05, 0) is 32.3 Å². The fourth-order valence-electron chi connectivity index (χ4n) is 1.63. The fourth-order valence-corrected chi connectivity index (χ4v) is 1.63. The van der Waals surface area contributed by atoms with Gasteiger partial charge < -0.3 is 0 Å². The lowest BCUT2D eigenvalue weighted by Crippen LogP contribution is -2.18. The van der Waals surface area contributed by atoms with Gasteiger partial charge in [-0.2, -0.15) is 0 Å². The molecule has 0 radical (unpaired) electrons. The van der Waals surface area contributed by atoms with E-state index in [9.17, 15) is 4.39 Å². The van der Waals surface area contributed by atoms with Gasteiger partial charge in [0.05, 0.1) is 0 Å². The molecule has 1 heteroatoms.